The van der Waals surface area contributed by atoms with Crippen molar-refractivity contribution in [2.75, 3.05) is 17.7 Å². The van der Waals surface area contributed by atoms with E-state index in [1.807, 2.05) is 12.1 Å². The summed E-state index contributed by atoms with van der Waals surface area (Å²) >= 11 is 0. The summed E-state index contributed by atoms with van der Waals surface area (Å²) in [7, 11) is 2.09. The van der Waals surface area contributed by atoms with Gasteiger partial charge < -0.3 is 10.6 Å². The predicted octanol–water partition coefficient (Wildman–Crippen LogP) is 2.91. The first-order valence-corrected chi connectivity index (χ1v) is 6.25. The molecule has 0 amide bonds. The molecule has 0 aromatic heterocycles. The third kappa shape index (κ3) is 2.36. The second kappa shape index (κ2) is 5.09. The average molecular weight is 229 g/mol. The molecular formula is C14H19N3. The zero-order valence-corrected chi connectivity index (χ0v) is 10.3. The van der Waals surface area contributed by atoms with E-state index in [2.05, 4.69) is 18.0 Å². The van der Waals surface area contributed by atoms with E-state index in [1.165, 1.54) is 32.1 Å². The topological polar surface area (TPSA) is 53.0 Å². The van der Waals surface area contributed by atoms with Crippen LogP contribution in [0.3, 0.4) is 0 Å². The summed E-state index contributed by atoms with van der Waals surface area (Å²) in [6.45, 7) is 0. The first-order chi connectivity index (χ1) is 8.24. The van der Waals surface area contributed by atoms with E-state index in [4.69, 9.17) is 11.0 Å². The quantitative estimate of drug-likeness (QED) is 0.793. The summed E-state index contributed by atoms with van der Waals surface area (Å²) in [5.41, 5.74) is 8.22. The van der Waals surface area contributed by atoms with Crippen molar-refractivity contribution in [3.63, 3.8) is 0 Å². The molecule has 2 N–H and O–H groups in total. The number of nitriles is 1. The van der Waals surface area contributed by atoms with Gasteiger partial charge in [-0.1, -0.05) is 25.3 Å². The van der Waals surface area contributed by atoms with Gasteiger partial charge in [0.1, 0.15) is 6.07 Å². The number of nitrogen functional groups attached to an aromatic ring is 1. The van der Waals surface area contributed by atoms with Crippen molar-refractivity contribution in [2.45, 2.75) is 38.1 Å². The summed E-state index contributed by atoms with van der Waals surface area (Å²) in [5, 5.41) is 8.99. The smallest absolute Gasteiger partial charge is 0.101 e. The molecule has 1 aromatic rings. The van der Waals surface area contributed by atoms with Gasteiger partial charge in [0.05, 0.1) is 16.9 Å². The predicted molar refractivity (Wildman–Crippen MR) is 70.8 cm³/mol. The first-order valence-electron chi connectivity index (χ1n) is 6.25. The number of anilines is 2. The van der Waals surface area contributed by atoms with Crippen molar-refractivity contribution in [2.24, 2.45) is 0 Å². The molecule has 1 fully saturated rings. The molecule has 1 aliphatic rings. The second-order valence-corrected chi connectivity index (χ2v) is 4.75. The number of para-hydroxylation sites is 1. The van der Waals surface area contributed by atoms with Crippen LogP contribution in [0.2, 0.25) is 0 Å². The molecule has 1 saturated carbocycles. The van der Waals surface area contributed by atoms with Crippen LogP contribution in [-0.2, 0) is 0 Å². The molecule has 1 aliphatic carbocycles. The highest BCUT2D eigenvalue weighted by Gasteiger charge is 2.20. The van der Waals surface area contributed by atoms with Crippen molar-refractivity contribution in [3.8, 4) is 6.07 Å². The van der Waals surface area contributed by atoms with E-state index in [0.29, 0.717) is 17.3 Å². The maximum atomic E-state index is 8.99. The molecular weight excluding hydrogens is 210 g/mol. The molecule has 0 atom stereocenters. The minimum absolute atomic E-state index is 0.569. The maximum Gasteiger partial charge on any atom is 0.101 e. The van der Waals surface area contributed by atoms with Gasteiger partial charge in [-0.15, -0.1) is 0 Å². The van der Waals surface area contributed by atoms with E-state index in [9.17, 15) is 0 Å². The number of hydrogen-bond donors (Lipinski definition) is 1. The highest BCUT2D eigenvalue weighted by Crippen LogP contribution is 2.31. The molecule has 3 nitrogen and oxygen atoms in total. The molecule has 0 aliphatic heterocycles. The van der Waals surface area contributed by atoms with Crippen LogP contribution in [0.1, 0.15) is 37.7 Å². The van der Waals surface area contributed by atoms with Crippen LogP contribution in [-0.4, -0.2) is 13.1 Å². The molecule has 2 rings (SSSR count). The maximum absolute atomic E-state index is 8.99. The van der Waals surface area contributed by atoms with Gasteiger partial charge in [-0.3, -0.25) is 0 Å². The van der Waals surface area contributed by atoms with E-state index in [-0.39, 0.29) is 0 Å². The Morgan fingerprint density at radius 1 is 1.29 bits per heavy atom. The van der Waals surface area contributed by atoms with Crippen molar-refractivity contribution in [3.05, 3.63) is 23.8 Å². The number of nitrogens with zero attached hydrogens (tertiary/aromatic N) is 2. The first kappa shape index (κ1) is 11.8. The molecule has 0 spiro atoms. The molecule has 1 aromatic carbocycles. The summed E-state index contributed by atoms with van der Waals surface area (Å²) in [4.78, 5) is 2.25. The number of rotatable bonds is 2. The van der Waals surface area contributed by atoms with Gasteiger partial charge in [0.25, 0.3) is 0 Å². The molecule has 0 radical (unpaired) electrons. The Kier molecular flexibility index (Phi) is 3.53. The zero-order chi connectivity index (χ0) is 12.3. The van der Waals surface area contributed by atoms with Gasteiger partial charge >= 0.3 is 0 Å². The zero-order valence-electron chi connectivity index (χ0n) is 10.3. The van der Waals surface area contributed by atoms with E-state index in [0.717, 1.165) is 5.69 Å². The fraction of sp³-hybridized carbons (Fsp3) is 0.500. The highest BCUT2D eigenvalue weighted by atomic mass is 15.1. The second-order valence-electron chi connectivity index (χ2n) is 4.75. The molecule has 0 saturated heterocycles. The highest BCUT2D eigenvalue weighted by molar-refractivity contribution is 5.74. The molecule has 3 heteroatoms. The Labute approximate surface area is 103 Å². The van der Waals surface area contributed by atoms with Gasteiger partial charge in [-0.25, -0.2) is 0 Å². The third-order valence-electron chi connectivity index (χ3n) is 3.71. The van der Waals surface area contributed by atoms with Crippen LogP contribution >= 0.6 is 0 Å². The Morgan fingerprint density at radius 3 is 2.65 bits per heavy atom. The summed E-state index contributed by atoms with van der Waals surface area (Å²) in [6, 6.07) is 8.39. The van der Waals surface area contributed by atoms with Gasteiger partial charge in [-0.2, -0.15) is 5.26 Å². The van der Waals surface area contributed by atoms with Gasteiger partial charge in [0, 0.05) is 13.1 Å². The van der Waals surface area contributed by atoms with Crippen molar-refractivity contribution in [1.29, 1.82) is 5.26 Å². The molecule has 17 heavy (non-hydrogen) atoms. The Morgan fingerprint density at radius 2 is 2.00 bits per heavy atom. The van der Waals surface area contributed by atoms with E-state index < -0.39 is 0 Å². The summed E-state index contributed by atoms with van der Waals surface area (Å²) in [5.74, 6) is 0. The molecule has 0 heterocycles. The SMILES string of the molecule is CN(c1cccc(C#N)c1N)C1CCCCC1. The standard InChI is InChI=1S/C14H19N3/c1-17(12-7-3-2-4-8-12)13-9-5-6-11(10-15)14(13)16/h5-6,9,12H,2-4,7-8,16H2,1H3. The van der Waals surface area contributed by atoms with Crippen LogP contribution in [0.15, 0.2) is 18.2 Å². The summed E-state index contributed by atoms with van der Waals surface area (Å²) in [6.07, 6.45) is 6.40. The Bertz CT molecular complexity index is 428. The van der Waals surface area contributed by atoms with Gasteiger partial charge in [-0.05, 0) is 25.0 Å². The largest absolute Gasteiger partial charge is 0.396 e. The van der Waals surface area contributed by atoms with Crippen molar-refractivity contribution < 1.29 is 0 Å². The van der Waals surface area contributed by atoms with Crippen LogP contribution in [0, 0.1) is 11.3 Å². The van der Waals surface area contributed by atoms with Crippen LogP contribution < -0.4 is 10.6 Å². The van der Waals surface area contributed by atoms with Crippen molar-refractivity contribution in [1.82, 2.24) is 0 Å². The van der Waals surface area contributed by atoms with Crippen LogP contribution in [0.5, 0.6) is 0 Å². The Balaban J connectivity index is 2.24. The molecule has 0 unspecified atom stereocenters. The van der Waals surface area contributed by atoms with E-state index >= 15 is 0 Å². The lowest BCUT2D eigenvalue weighted by Crippen LogP contribution is -2.33. The minimum Gasteiger partial charge on any atom is -0.396 e. The number of hydrogen-bond acceptors (Lipinski definition) is 3. The fourth-order valence-electron chi connectivity index (χ4n) is 2.62. The van der Waals surface area contributed by atoms with Crippen molar-refractivity contribution >= 4 is 11.4 Å². The van der Waals surface area contributed by atoms with E-state index in [1.54, 1.807) is 6.07 Å². The molecule has 90 valence electrons. The lowest BCUT2D eigenvalue weighted by atomic mass is 9.94. The molecule has 0 bridgehead atoms. The lowest BCUT2D eigenvalue weighted by Gasteiger charge is -2.33. The monoisotopic (exact) mass is 229 g/mol. The fourth-order valence-corrected chi connectivity index (χ4v) is 2.62. The Hall–Kier alpha value is -1.69. The minimum atomic E-state index is 0.569. The van der Waals surface area contributed by atoms with Gasteiger partial charge in [0.2, 0.25) is 0 Å². The normalized spacial score (nSPS) is 16.5. The van der Waals surface area contributed by atoms with Gasteiger partial charge in [0.15, 0.2) is 0 Å². The average Bonchev–Trinajstić information content (AvgIpc) is 2.39. The number of nitrogens with two attached hydrogens (primary N) is 1. The third-order valence-corrected chi connectivity index (χ3v) is 3.71. The lowest BCUT2D eigenvalue weighted by molar-refractivity contribution is 0.428. The van der Waals surface area contributed by atoms with Crippen LogP contribution in [0.4, 0.5) is 11.4 Å². The summed E-state index contributed by atoms with van der Waals surface area (Å²) < 4.78 is 0. The van der Waals surface area contributed by atoms with Crippen LogP contribution in [0.25, 0.3) is 0 Å². The number of benzene rings is 1.